The normalized spacial score (nSPS) is 11.4. The Morgan fingerprint density at radius 3 is 1.88 bits per heavy atom. The van der Waals surface area contributed by atoms with Gasteiger partial charge in [0.05, 0.1) is 44.8 Å². The maximum absolute atomic E-state index is 13.5. The van der Waals surface area contributed by atoms with E-state index in [9.17, 15) is 4.79 Å². The lowest BCUT2D eigenvalue weighted by Crippen LogP contribution is -2.08. The van der Waals surface area contributed by atoms with E-state index >= 15 is 0 Å². The third-order valence-corrected chi connectivity index (χ3v) is 5.92. The Balaban J connectivity index is 1.97. The van der Waals surface area contributed by atoms with Gasteiger partial charge in [-0.1, -0.05) is 6.07 Å². The second-order valence-electron chi connectivity index (χ2n) is 7.66. The summed E-state index contributed by atoms with van der Waals surface area (Å²) in [5, 5.41) is 3.79. The smallest absolute Gasteiger partial charge is 0.201 e. The Hall–Kier alpha value is -3.93. The number of aryl methyl sites for hydroxylation is 1. The van der Waals surface area contributed by atoms with Crippen LogP contribution in [-0.4, -0.2) is 28.4 Å². The number of methoxy groups -OCH3 is 4. The molecule has 162 valence electrons. The summed E-state index contributed by atoms with van der Waals surface area (Å²) in [6.07, 6.45) is 0. The molecule has 3 aromatic carbocycles. The molecule has 0 bridgehead atoms. The van der Waals surface area contributed by atoms with Crippen molar-refractivity contribution in [2.45, 2.75) is 6.92 Å². The molecule has 0 atom stereocenters. The average Bonchev–Trinajstić information content (AvgIpc) is 2.81. The summed E-state index contributed by atoms with van der Waals surface area (Å²) < 4.78 is 28.3. The van der Waals surface area contributed by atoms with E-state index < -0.39 is 0 Å². The SMILES string of the molecule is COc1cc(OC)c2c(=O)c3cc4c(C)cc5cc(OC)cc(OC)c5c4oc-3cc2c1. The van der Waals surface area contributed by atoms with Crippen LogP contribution in [0.25, 0.3) is 43.8 Å². The molecule has 1 heterocycles. The lowest BCUT2D eigenvalue weighted by atomic mass is 9.96. The maximum Gasteiger partial charge on any atom is 0.201 e. The highest BCUT2D eigenvalue weighted by Gasteiger charge is 2.21. The van der Waals surface area contributed by atoms with Crippen LogP contribution in [0, 0.1) is 6.92 Å². The van der Waals surface area contributed by atoms with Gasteiger partial charge in [-0.2, -0.15) is 0 Å². The van der Waals surface area contributed by atoms with Crippen molar-refractivity contribution in [1.82, 2.24) is 0 Å². The van der Waals surface area contributed by atoms with Gasteiger partial charge < -0.3 is 23.4 Å². The Labute approximate surface area is 184 Å². The second-order valence-corrected chi connectivity index (χ2v) is 7.66. The van der Waals surface area contributed by atoms with E-state index in [1.165, 1.54) is 0 Å². The molecular weight excluding hydrogens is 408 g/mol. The van der Waals surface area contributed by atoms with Gasteiger partial charge in [-0.25, -0.2) is 0 Å². The molecule has 6 heteroatoms. The molecule has 1 aliphatic carbocycles. The van der Waals surface area contributed by atoms with Crippen LogP contribution < -0.4 is 24.4 Å². The van der Waals surface area contributed by atoms with Gasteiger partial charge in [0.1, 0.15) is 34.3 Å². The Morgan fingerprint density at radius 1 is 0.688 bits per heavy atom. The van der Waals surface area contributed by atoms with Crippen LogP contribution >= 0.6 is 0 Å². The summed E-state index contributed by atoms with van der Waals surface area (Å²) in [6.45, 7) is 1.99. The van der Waals surface area contributed by atoms with Gasteiger partial charge in [0.15, 0.2) is 0 Å². The van der Waals surface area contributed by atoms with Crippen molar-refractivity contribution in [3.05, 3.63) is 58.3 Å². The fraction of sp³-hybridized carbons (Fsp3) is 0.192. The highest BCUT2D eigenvalue weighted by molar-refractivity contribution is 6.11. The standard InChI is InChI=1S/C26H22O6/c1-13-6-14-7-16(28-2)11-22(31-5)24(14)26-18(13)12-19-20(32-26)9-15-8-17(29-3)10-21(30-4)23(15)25(19)27/h6-12H,1-5H3. The third kappa shape index (κ3) is 2.83. The summed E-state index contributed by atoms with van der Waals surface area (Å²) >= 11 is 0. The first kappa shape index (κ1) is 20.0. The average molecular weight is 430 g/mol. The molecule has 0 amide bonds. The topological polar surface area (TPSA) is 67.1 Å². The van der Waals surface area contributed by atoms with E-state index in [-0.39, 0.29) is 5.43 Å². The van der Waals surface area contributed by atoms with Crippen LogP contribution in [0.15, 0.2) is 51.7 Å². The third-order valence-electron chi connectivity index (χ3n) is 5.92. The highest BCUT2D eigenvalue weighted by atomic mass is 16.5. The van der Waals surface area contributed by atoms with Crippen LogP contribution in [0.5, 0.6) is 23.0 Å². The monoisotopic (exact) mass is 430 g/mol. The van der Waals surface area contributed by atoms with Crippen LogP contribution in [0.4, 0.5) is 0 Å². The molecule has 0 aromatic heterocycles. The van der Waals surface area contributed by atoms with Crippen LogP contribution in [0.2, 0.25) is 0 Å². The molecule has 0 fully saturated rings. The maximum atomic E-state index is 13.5. The van der Waals surface area contributed by atoms with Gasteiger partial charge in [-0.05, 0) is 47.5 Å². The summed E-state index contributed by atoms with van der Waals surface area (Å²) in [6, 6.07) is 13.1. The van der Waals surface area contributed by atoms with E-state index in [1.54, 1.807) is 40.6 Å². The number of benzene rings is 4. The van der Waals surface area contributed by atoms with Crippen molar-refractivity contribution < 1.29 is 23.4 Å². The first-order valence-corrected chi connectivity index (χ1v) is 10.1. The fourth-order valence-corrected chi connectivity index (χ4v) is 4.34. The van der Waals surface area contributed by atoms with Gasteiger partial charge in [0.2, 0.25) is 5.43 Å². The molecule has 3 aromatic rings. The molecule has 0 saturated heterocycles. The van der Waals surface area contributed by atoms with Crippen molar-refractivity contribution in [2.75, 3.05) is 28.4 Å². The van der Waals surface area contributed by atoms with E-state index in [0.717, 1.165) is 21.7 Å². The molecule has 0 saturated carbocycles. The molecular formula is C26H22O6. The van der Waals surface area contributed by atoms with Crippen molar-refractivity contribution in [3.63, 3.8) is 0 Å². The van der Waals surface area contributed by atoms with Crippen LogP contribution in [0.3, 0.4) is 0 Å². The first-order valence-electron chi connectivity index (χ1n) is 10.1. The summed E-state index contributed by atoms with van der Waals surface area (Å²) in [5.41, 5.74) is 1.97. The minimum atomic E-state index is -0.149. The second kappa shape index (κ2) is 7.34. The zero-order valence-corrected chi connectivity index (χ0v) is 18.5. The molecule has 5 rings (SSSR count). The summed E-state index contributed by atoms with van der Waals surface area (Å²) in [5.74, 6) is 2.88. The number of hydrogen-bond acceptors (Lipinski definition) is 6. The molecule has 0 unspecified atom stereocenters. The number of fused-ring (bicyclic) bond motifs is 5. The van der Waals surface area contributed by atoms with Gasteiger partial charge in [-0.15, -0.1) is 0 Å². The number of hydrogen-bond donors (Lipinski definition) is 0. The lowest BCUT2D eigenvalue weighted by molar-refractivity contribution is 0.397. The fourth-order valence-electron chi connectivity index (χ4n) is 4.34. The summed E-state index contributed by atoms with van der Waals surface area (Å²) in [4.78, 5) is 13.5. The van der Waals surface area contributed by atoms with Crippen molar-refractivity contribution in [3.8, 4) is 34.3 Å². The molecule has 0 spiro atoms. The van der Waals surface area contributed by atoms with Gasteiger partial charge in [0, 0.05) is 17.5 Å². The molecule has 6 nitrogen and oxygen atoms in total. The van der Waals surface area contributed by atoms with Crippen LogP contribution in [0.1, 0.15) is 5.56 Å². The predicted octanol–water partition coefficient (Wildman–Crippen LogP) is 5.55. The van der Waals surface area contributed by atoms with E-state index in [0.29, 0.717) is 50.7 Å². The number of rotatable bonds is 4. The highest BCUT2D eigenvalue weighted by Crippen LogP contribution is 2.41. The first-order chi connectivity index (χ1) is 15.5. The zero-order valence-electron chi connectivity index (χ0n) is 18.5. The van der Waals surface area contributed by atoms with Crippen molar-refractivity contribution in [1.29, 1.82) is 0 Å². The quantitative estimate of drug-likeness (QED) is 0.275. The molecule has 1 aliphatic heterocycles. The predicted molar refractivity (Wildman–Crippen MR) is 125 cm³/mol. The Bertz CT molecular complexity index is 1550. The minimum Gasteiger partial charge on any atom is -0.497 e. The Morgan fingerprint density at radius 2 is 1.28 bits per heavy atom. The van der Waals surface area contributed by atoms with Gasteiger partial charge in [0.25, 0.3) is 0 Å². The Kier molecular flexibility index (Phi) is 4.59. The molecule has 2 aliphatic rings. The summed E-state index contributed by atoms with van der Waals surface area (Å²) in [7, 11) is 6.35. The van der Waals surface area contributed by atoms with E-state index in [1.807, 2.05) is 37.3 Å². The molecule has 0 N–H and O–H groups in total. The van der Waals surface area contributed by atoms with Crippen LogP contribution in [-0.2, 0) is 0 Å². The van der Waals surface area contributed by atoms with Crippen molar-refractivity contribution >= 4 is 32.5 Å². The van der Waals surface area contributed by atoms with Crippen molar-refractivity contribution in [2.24, 2.45) is 0 Å². The molecule has 32 heavy (non-hydrogen) atoms. The van der Waals surface area contributed by atoms with E-state index in [4.69, 9.17) is 23.4 Å². The zero-order chi connectivity index (χ0) is 22.6. The minimum absolute atomic E-state index is 0.149. The largest absolute Gasteiger partial charge is 0.497 e. The van der Waals surface area contributed by atoms with Gasteiger partial charge in [-0.3, -0.25) is 4.79 Å². The van der Waals surface area contributed by atoms with E-state index in [2.05, 4.69) is 0 Å². The number of ether oxygens (including phenoxy) is 4. The lowest BCUT2D eigenvalue weighted by Gasteiger charge is -2.16. The molecule has 0 radical (unpaired) electrons. The van der Waals surface area contributed by atoms with Gasteiger partial charge >= 0.3 is 0 Å².